The van der Waals surface area contributed by atoms with Crippen molar-refractivity contribution in [3.05, 3.63) is 47.2 Å². The summed E-state index contributed by atoms with van der Waals surface area (Å²) in [6.45, 7) is 1.51. The molecule has 1 aromatic heterocycles. The van der Waals surface area contributed by atoms with E-state index in [1.807, 2.05) is 6.92 Å². The molecule has 9 heteroatoms. The van der Waals surface area contributed by atoms with Gasteiger partial charge in [-0.15, -0.1) is 0 Å². The lowest BCUT2D eigenvalue weighted by Crippen LogP contribution is -2.27. The number of hydrogen-bond donors (Lipinski definition) is 2. The minimum absolute atomic E-state index is 0.133. The van der Waals surface area contributed by atoms with Crippen LogP contribution in [0.15, 0.2) is 30.5 Å². The van der Waals surface area contributed by atoms with Crippen LogP contribution in [0.1, 0.15) is 47.3 Å². The number of anilines is 1. The number of amides is 1. The van der Waals surface area contributed by atoms with E-state index in [2.05, 4.69) is 10.3 Å². The normalized spacial score (nSPS) is 17.5. The number of carbonyl (C=O) groups is 1. The third-order valence-corrected chi connectivity index (χ3v) is 5.73. The molecule has 166 valence electrons. The molecule has 31 heavy (non-hydrogen) atoms. The number of hydrogen-bond acceptors (Lipinski definition) is 6. The number of alkyl halides is 2. The van der Waals surface area contributed by atoms with Crippen LogP contribution in [-0.2, 0) is 6.54 Å². The van der Waals surface area contributed by atoms with Crippen LogP contribution in [0.5, 0.6) is 11.5 Å². The average molecular weight is 433 g/mol. The van der Waals surface area contributed by atoms with Crippen molar-refractivity contribution in [2.45, 2.75) is 45.0 Å². The second kappa shape index (κ2) is 8.66. The molecule has 2 N–H and O–H groups in total. The first-order chi connectivity index (χ1) is 14.9. The second-order valence-electron chi connectivity index (χ2n) is 7.83. The number of methoxy groups -OCH3 is 1. The largest absolute Gasteiger partial charge is 0.493 e. The van der Waals surface area contributed by atoms with Gasteiger partial charge in [0.2, 0.25) is 0 Å². The zero-order valence-corrected chi connectivity index (χ0v) is 17.3. The smallest absolute Gasteiger partial charge is 0.272 e. The van der Waals surface area contributed by atoms with Gasteiger partial charge in [0.05, 0.1) is 19.7 Å². The number of aliphatic hydroxyl groups is 1. The fourth-order valence-electron chi connectivity index (χ4n) is 3.75. The summed E-state index contributed by atoms with van der Waals surface area (Å²) >= 11 is 0. The van der Waals surface area contributed by atoms with Crippen molar-refractivity contribution in [1.82, 2.24) is 9.88 Å². The molecule has 2 unspecified atom stereocenters. The van der Waals surface area contributed by atoms with Crippen LogP contribution < -0.4 is 14.8 Å². The molecule has 0 spiro atoms. The molecule has 1 fully saturated rings. The van der Waals surface area contributed by atoms with Crippen LogP contribution in [-0.4, -0.2) is 47.3 Å². The predicted molar refractivity (Wildman–Crippen MR) is 109 cm³/mol. The maximum absolute atomic E-state index is 13.1. The standard InChI is InChI=1S/C22H25F2N3O4/c1-12(14-5-6-17(18(9-14)30-2)31-11-19(23)24)27-10-16-15(22(27)29)7-8-25-20(16)26-21(28)13-3-4-13/h5-9,12-13,19,21,28H,3-4,10-11H2,1-2H3,(H,25,26). The summed E-state index contributed by atoms with van der Waals surface area (Å²) in [6.07, 6.45) is 0.253. The van der Waals surface area contributed by atoms with Gasteiger partial charge in [-0.2, -0.15) is 0 Å². The van der Waals surface area contributed by atoms with E-state index in [0.29, 0.717) is 23.7 Å². The Morgan fingerprint density at radius 3 is 2.74 bits per heavy atom. The highest BCUT2D eigenvalue weighted by molar-refractivity contribution is 5.99. The lowest BCUT2D eigenvalue weighted by molar-refractivity contribution is 0.0714. The summed E-state index contributed by atoms with van der Waals surface area (Å²) in [7, 11) is 1.44. The Bertz CT molecular complexity index is 968. The Balaban J connectivity index is 1.53. The van der Waals surface area contributed by atoms with Gasteiger partial charge < -0.3 is 24.8 Å². The molecule has 0 bridgehead atoms. The van der Waals surface area contributed by atoms with E-state index in [9.17, 15) is 18.7 Å². The number of halogens is 2. The number of nitrogens with zero attached hydrogens (tertiary/aromatic N) is 2. The minimum Gasteiger partial charge on any atom is -0.493 e. The fourth-order valence-corrected chi connectivity index (χ4v) is 3.75. The first-order valence-corrected chi connectivity index (χ1v) is 10.2. The van der Waals surface area contributed by atoms with Crippen molar-refractivity contribution >= 4 is 11.7 Å². The number of aliphatic hydroxyl groups excluding tert-OH is 1. The number of pyridine rings is 1. The van der Waals surface area contributed by atoms with E-state index in [1.54, 1.807) is 35.4 Å². The first kappa shape index (κ1) is 21.3. The SMILES string of the molecule is COc1cc(C(C)N2Cc3c(ccnc3NC(O)C3CC3)C2=O)ccc1OCC(F)F. The van der Waals surface area contributed by atoms with E-state index in [-0.39, 0.29) is 23.6 Å². The lowest BCUT2D eigenvalue weighted by Gasteiger charge is -2.25. The summed E-state index contributed by atoms with van der Waals surface area (Å²) < 4.78 is 35.3. The summed E-state index contributed by atoms with van der Waals surface area (Å²) in [5.41, 5.74) is 2.09. The topological polar surface area (TPSA) is 83.9 Å². The Kier molecular flexibility index (Phi) is 5.95. The molecular weight excluding hydrogens is 408 g/mol. The molecule has 0 radical (unpaired) electrons. The molecule has 1 saturated carbocycles. The van der Waals surface area contributed by atoms with E-state index < -0.39 is 19.3 Å². The van der Waals surface area contributed by atoms with Gasteiger partial charge in [-0.1, -0.05) is 6.07 Å². The van der Waals surface area contributed by atoms with Gasteiger partial charge in [0.15, 0.2) is 11.5 Å². The van der Waals surface area contributed by atoms with E-state index in [0.717, 1.165) is 24.0 Å². The quantitative estimate of drug-likeness (QED) is 0.588. The molecule has 2 atom stereocenters. The number of benzene rings is 1. The van der Waals surface area contributed by atoms with E-state index in [4.69, 9.17) is 9.47 Å². The van der Waals surface area contributed by atoms with Gasteiger partial charge in [0, 0.05) is 23.2 Å². The maximum atomic E-state index is 13.1. The number of aromatic nitrogens is 1. The number of ether oxygens (including phenoxy) is 2. The highest BCUT2D eigenvalue weighted by Crippen LogP contribution is 2.38. The monoisotopic (exact) mass is 433 g/mol. The highest BCUT2D eigenvalue weighted by atomic mass is 19.3. The third-order valence-electron chi connectivity index (χ3n) is 5.73. The van der Waals surface area contributed by atoms with Crippen LogP contribution in [0.4, 0.5) is 14.6 Å². The molecule has 4 rings (SSSR count). The van der Waals surface area contributed by atoms with Gasteiger partial charge >= 0.3 is 0 Å². The fraction of sp³-hybridized carbons (Fsp3) is 0.455. The predicted octanol–water partition coefficient (Wildman–Crippen LogP) is 3.59. The summed E-state index contributed by atoms with van der Waals surface area (Å²) in [5.74, 6) is 1.16. The van der Waals surface area contributed by atoms with Crippen molar-refractivity contribution < 1.29 is 28.2 Å². The van der Waals surface area contributed by atoms with Crippen LogP contribution in [0.3, 0.4) is 0 Å². The van der Waals surface area contributed by atoms with Gasteiger partial charge in [-0.05, 0) is 43.5 Å². The number of fused-ring (bicyclic) bond motifs is 1. The van der Waals surface area contributed by atoms with Crippen molar-refractivity contribution in [2.75, 3.05) is 19.0 Å². The van der Waals surface area contributed by atoms with Crippen molar-refractivity contribution in [3.63, 3.8) is 0 Å². The highest BCUT2D eigenvalue weighted by Gasteiger charge is 2.36. The lowest BCUT2D eigenvalue weighted by atomic mass is 10.1. The minimum atomic E-state index is -2.58. The molecule has 1 aliphatic heterocycles. The first-order valence-electron chi connectivity index (χ1n) is 10.2. The molecule has 1 aliphatic carbocycles. The Morgan fingerprint density at radius 1 is 1.29 bits per heavy atom. The molecule has 0 saturated heterocycles. The van der Waals surface area contributed by atoms with Crippen LogP contribution in [0.25, 0.3) is 0 Å². The average Bonchev–Trinajstić information content (AvgIpc) is 3.56. The van der Waals surface area contributed by atoms with Crippen molar-refractivity contribution in [1.29, 1.82) is 0 Å². The van der Waals surface area contributed by atoms with Crippen molar-refractivity contribution in [3.8, 4) is 11.5 Å². The summed E-state index contributed by atoms with van der Waals surface area (Å²) in [5, 5.41) is 13.3. The van der Waals surface area contributed by atoms with E-state index >= 15 is 0 Å². The Morgan fingerprint density at radius 2 is 2.06 bits per heavy atom. The molecule has 1 amide bonds. The Labute approximate surface area is 179 Å². The van der Waals surface area contributed by atoms with Crippen LogP contribution in [0.2, 0.25) is 0 Å². The van der Waals surface area contributed by atoms with Gasteiger partial charge in [-0.25, -0.2) is 13.8 Å². The second-order valence-corrected chi connectivity index (χ2v) is 7.83. The van der Waals surface area contributed by atoms with E-state index in [1.165, 1.54) is 7.11 Å². The van der Waals surface area contributed by atoms with Crippen LogP contribution in [0, 0.1) is 5.92 Å². The van der Waals surface area contributed by atoms with Gasteiger partial charge in [0.1, 0.15) is 18.7 Å². The molecule has 2 aromatic rings. The maximum Gasteiger partial charge on any atom is 0.272 e. The Hall–Kier alpha value is -2.94. The summed E-state index contributed by atoms with van der Waals surface area (Å²) in [6, 6.07) is 6.37. The van der Waals surface area contributed by atoms with Crippen molar-refractivity contribution in [2.24, 2.45) is 5.92 Å². The zero-order chi connectivity index (χ0) is 22.1. The number of carbonyl (C=O) groups excluding carboxylic acids is 1. The van der Waals surface area contributed by atoms with Gasteiger partial charge in [0.25, 0.3) is 12.3 Å². The molecular formula is C22H25F2N3O4. The molecule has 7 nitrogen and oxygen atoms in total. The number of rotatable bonds is 9. The molecule has 2 heterocycles. The third kappa shape index (κ3) is 4.41. The summed E-state index contributed by atoms with van der Waals surface area (Å²) in [4.78, 5) is 19.1. The van der Waals surface area contributed by atoms with Crippen LogP contribution >= 0.6 is 0 Å². The zero-order valence-electron chi connectivity index (χ0n) is 17.3. The molecule has 2 aliphatic rings. The van der Waals surface area contributed by atoms with Gasteiger partial charge in [-0.3, -0.25) is 4.79 Å². The molecule has 1 aromatic carbocycles. The number of nitrogens with one attached hydrogen (secondary N) is 1.